The molecule has 0 aliphatic rings. The lowest BCUT2D eigenvalue weighted by Crippen LogP contribution is -2.23. The molecule has 1 atom stereocenters. The molecule has 7 heteroatoms. The van der Waals surface area contributed by atoms with Crippen LogP contribution in [0, 0.1) is 0 Å². The van der Waals surface area contributed by atoms with Crippen molar-refractivity contribution in [3.05, 3.63) is 50.6 Å². The summed E-state index contributed by atoms with van der Waals surface area (Å²) in [5.74, 6) is 0. The van der Waals surface area contributed by atoms with Crippen LogP contribution in [0.15, 0.2) is 45.1 Å². The van der Waals surface area contributed by atoms with Crippen LogP contribution in [0.2, 0.25) is 0 Å². The summed E-state index contributed by atoms with van der Waals surface area (Å²) in [6.45, 7) is 1.83. The monoisotopic (exact) mass is 375 g/mol. The van der Waals surface area contributed by atoms with E-state index in [-0.39, 0.29) is 11.4 Å². The van der Waals surface area contributed by atoms with Gasteiger partial charge in [-0.15, -0.1) is 11.3 Å². The van der Waals surface area contributed by atoms with Crippen molar-refractivity contribution < 1.29 is 13.5 Å². The Morgan fingerprint density at radius 2 is 2.15 bits per heavy atom. The molecule has 0 fully saturated rings. The summed E-state index contributed by atoms with van der Waals surface area (Å²) >= 11 is 4.84. The maximum absolute atomic E-state index is 12.2. The molecule has 1 unspecified atom stereocenters. The summed E-state index contributed by atoms with van der Waals surface area (Å²) in [4.78, 5) is 1.07. The third-order valence-electron chi connectivity index (χ3n) is 2.76. The third kappa shape index (κ3) is 3.67. The lowest BCUT2D eigenvalue weighted by Gasteiger charge is -2.09. The van der Waals surface area contributed by atoms with Crippen LogP contribution in [0.5, 0.6) is 0 Å². The zero-order valence-electron chi connectivity index (χ0n) is 10.7. The maximum atomic E-state index is 12.2. The summed E-state index contributed by atoms with van der Waals surface area (Å²) in [6.07, 6.45) is -0.698. The fourth-order valence-electron chi connectivity index (χ4n) is 1.64. The van der Waals surface area contributed by atoms with Gasteiger partial charge in [-0.25, -0.2) is 13.1 Å². The lowest BCUT2D eigenvalue weighted by atomic mass is 10.1. The molecule has 0 spiro atoms. The second kappa shape index (κ2) is 6.36. The molecular weight excluding hydrogens is 362 g/mol. The number of sulfonamides is 1. The van der Waals surface area contributed by atoms with E-state index < -0.39 is 16.1 Å². The number of thiophene rings is 1. The predicted molar refractivity (Wildman–Crippen MR) is 83.1 cm³/mol. The Kier molecular flexibility index (Phi) is 4.98. The quantitative estimate of drug-likeness (QED) is 0.843. The minimum atomic E-state index is -3.58. The fraction of sp³-hybridized carbons (Fsp3) is 0.231. The van der Waals surface area contributed by atoms with E-state index in [1.807, 2.05) is 11.4 Å². The van der Waals surface area contributed by atoms with Crippen LogP contribution in [0.1, 0.15) is 23.5 Å². The molecule has 0 bridgehead atoms. The van der Waals surface area contributed by atoms with E-state index in [1.54, 1.807) is 19.1 Å². The first kappa shape index (κ1) is 15.7. The predicted octanol–water partition coefficient (Wildman–Crippen LogP) is 3.04. The maximum Gasteiger partial charge on any atom is 0.240 e. The normalized spacial score (nSPS) is 13.3. The van der Waals surface area contributed by atoms with Crippen LogP contribution in [-0.2, 0) is 16.6 Å². The largest absolute Gasteiger partial charge is 0.389 e. The molecule has 1 aromatic carbocycles. The Morgan fingerprint density at radius 3 is 2.75 bits per heavy atom. The van der Waals surface area contributed by atoms with Gasteiger partial charge in [0.25, 0.3) is 0 Å². The summed E-state index contributed by atoms with van der Waals surface area (Å²) in [6, 6.07) is 8.19. The minimum Gasteiger partial charge on any atom is -0.389 e. The molecule has 0 amide bonds. The summed E-state index contributed by atoms with van der Waals surface area (Å²) in [5.41, 5.74) is 0.574. The number of aliphatic hydroxyl groups excluding tert-OH is 1. The first-order chi connectivity index (χ1) is 9.40. The van der Waals surface area contributed by atoms with E-state index in [0.717, 1.165) is 9.35 Å². The van der Waals surface area contributed by atoms with Crippen LogP contribution in [-0.4, -0.2) is 13.5 Å². The van der Waals surface area contributed by atoms with Crippen molar-refractivity contribution >= 4 is 37.3 Å². The SMILES string of the molecule is CC(O)c1cccc(S(=O)(=O)NCc2sccc2Br)c1. The van der Waals surface area contributed by atoms with Gasteiger partial charge >= 0.3 is 0 Å². The topological polar surface area (TPSA) is 66.4 Å². The number of halogens is 1. The molecule has 2 aromatic rings. The molecule has 0 aliphatic carbocycles. The molecule has 2 rings (SSSR count). The van der Waals surface area contributed by atoms with Crippen molar-refractivity contribution in [1.82, 2.24) is 4.72 Å². The molecule has 0 radical (unpaired) electrons. The Bertz CT molecular complexity index is 695. The summed E-state index contributed by atoms with van der Waals surface area (Å²) in [5, 5.41) is 11.4. The Labute approximate surface area is 130 Å². The van der Waals surface area contributed by atoms with E-state index >= 15 is 0 Å². The van der Waals surface area contributed by atoms with E-state index in [9.17, 15) is 13.5 Å². The third-order valence-corrected chi connectivity index (χ3v) is 6.09. The van der Waals surface area contributed by atoms with E-state index in [4.69, 9.17) is 0 Å². The fourth-order valence-corrected chi connectivity index (χ4v) is 4.21. The Morgan fingerprint density at radius 1 is 1.40 bits per heavy atom. The second-order valence-corrected chi connectivity index (χ2v) is 7.89. The highest BCUT2D eigenvalue weighted by molar-refractivity contribution is 9.10. The van der Waals surface area contributed by atoms with Gasteiger partial charge in [0.1, 0.15) is 0 Å². The smallest absolute Gasteiger partial charge is 0.240 e. The van der Waals surface area contributed by atoms with E-state index in [1.165, 1.54) is 23.5 Å². The Hall–Kier alpha value is -0.730. The van der Waals surface area contributed by atoms with Gasteiger partial charge in [-0.3, -0.25) is 0 Å². The van der Waals surface area contributed by atoms with Gasteiger partial charge in [-0.05, 0) is 52.0 Å². The zero-order valence-corrected chi connectivity index (χ0v) is 13.9. The first-order valence-electron chi connectivity index (χ1n) is 5.90. The van der Waals surface area contributed by atoms with Crippen LogP contribution in [0.4, 0.5) is 0 Å². The number of hydrogen-bond donors (Lipinski definition) is 2. The highest BCUT2D eigenvalue weighted by Crippen LogP contribution is 2.23. The minimum absolute atomic E-state index is 0.156. The van der Waals surface area contributed by atoms with E-state index in [0.29, 0.717) is 5.56 Å². The van der Waals surface area contributed by atoms with Gasteiger partial charge in [-0.1, -0.05) is 12.1 Å². The number of hydrogen-bond acceptors (Lipinski definition) is 4. The van der Waals surface area contributed by atoms with Crippen molar-refractivity contribution in [3.8, 4) is 0 Å². The molecule has 0 saturated carbocycles. The number of benzene rings is 1. The molecule has 1 heterocycles. The van der Waals surface area contributed by atoms with Crippen LogP contribution < -0.4 is 4.72 Å². The van der Waals surface area contributed by atoms with Crippen LogP contribution >= 0.6 is 27.3 Å². The van der Waals surface area contributed by atoms with Crippen molar-refractivity contribution in [2.24, 2.45) is 0 Å². The van der Waals surface area contributed by atoms with Gasteiger partial charge < -0.3 is 5.11 Å². The van der Waals surface area contributed by atoms with Crippen molar-refractivity contribution in [2.75, 3.05) is 0 Å². The van der Waals surface area contributed by atoms with Gasteiger partial charge in [0.05, 0.1) is 11.0 Å². The molecule has 0 aliphatic heterocycles. The van der Waals surface area contributed by atoms with E-state index in [2.05, 4.69) is 20.7 Å². The molecular formula is C13H14BrNO3S2. The van der Waals surface area contributed by atoms with Crippen molar-refractivity contribution in [1.29, 1.82) is 0 Å². The number of aliphatic hydroxyl groups is 1. The van der Waals surface area contributed by atoms with Crippen LogP contribution in [0.25, 0.3) is 0 Å². The molecule has 108 valence electrons. The Balaban J connectivity index is 2.18. The molecule has 20 heavy (non-hydrogen) atoms. The average Bonchev–Trinajstić information content (AvgIpc) is 2.82. The van der Waals surface area contributed by atoms with Crippen molar-refractivity contribution in [2.45, 2.75) is 24.5 Å². The van der Waals surface area contributed by atoms with Gasteiger partial charge in [-0.2, -0.15) is 0 Å². The van der Waals surface area contributed by atoms with Gasteiger partial charge in [0.2, 0.25) is 10.0 Å². The van der Waals surface area contributed by atoms with Gasteiger partial charge in [0.15, 0.2) is 0 Å². The highest BCUT2D eigenvalue weighted by atomic mass is 79.9. The summed E-state index contributed by atoms with van der Waals surface area (Å²) < 4.78 is 27.9. The van der Waals surface area contributed by atoms with Crippen LogP contribution in [0.3, 0.4) is 0 Å². The standard InChI is InChI=1S/C13H14BrNO3S2/c1-9(16)10-3-2-4-11(7-10)20(17,18)15-8-13-12(14)5-6-19-13/h2-7,9,15-16H,8H2,1H3. The van der Waals surface area contributed by atoms with Crippen molar-refractivity contribution in [3.63, 3.8) is 0 Å². The molecule has 1 aromatic heterocycles. The molecule has 2 N–H and O–H groups in total. The average molecular weight is 376 g/mol. The zero-order chi connectivity index (χ0) is 14.8. The molecule has 4 nitrogen and oxygen atoms in total. The lowest BCUT2D eigenvalue weighted by molar-refractivity contribution is 0.199. The highest BCUT2D eigenvalue weighted by Gasteiger charge is 2.16. The second-order valence-electron chi connectivity index (χ2n) is 4.26. The molecule has 0 saturated heterocycles. The number of nitrogens with one attached hydrogen (secondary N) is 1. The number of rotatable bonds is 5. The van der Waals surface area contributed by atoms with Gasteiger partial charge in [0, 0.05) is 15.9 Å². The summed E-state index contributed by atoms with van der Waals surface area (Å²) in [7, 11) is -3.58. The first-order valence-corrected chi connectivity index (χ1v) is 9.05.